The summed E-state index contributed by atoms with van der Waals surface area (Å²) < 4.78 is 32.7. The molecule has 0 unspecified atom stereocenters. The van der Waals surface area contributed by atoms with Crippen molar-refractivity contribution in [3.05, 3.63) is 0 Å². The third-order valence-electron chi connectivity index (χ3n) is 4.19. The van der Waals surface area contributed by atoms with Gasteiger partial charge in [0.1, 0.15) is 6.29 Å². The summed E-state index contributed by atoms with van der Waals surface area (Å²) in [7, 11) is 1.98. The number of carbonyl (C=O) groups is 1. The second-order valence-corrected chi connectivity index (χ2v) is 6.85. The summed E-state index contributed by atoms with van der Waals surface area (Å²) in [5.41, 5.74) is 0. The first-order valence-electron chi connectivity index (χ1n) is 11.5. The lowest BCUT2D eigenvalue weighted by Gasteiger charge is -2.08. The Morgan fingerprint density at radius 1 is 0.500 bits per heavy atom. The van der Waals surface area contributed by atoms with E-state index < -0.39 is 0 Å². The number of unbranched alkanes of at least 4 members (excludes halogenated alkanes) is 5. The first-order chi connectivity index (χ1) is 14.9. The summed E-state index contributed by atoms with van der Waals surface area (Å²) in [6, 6.07) is 0. The summed E-state index contributed by atoms with van der Waals surface area (Å²) in [5.74, 6) is 0. The molecule has 8 nitrogen and oxygen atoms in total. The average molecular weight is 436 g/mol. The molecule has 0 aromatic carbocycles. The van der Waals surface area contributed by atoms with Gasteiger partial charge in [0.05, 0.1) is 66.1 Å². The van der Waals surface area contributed by atoms with E-state index in [4.69, 9.17) is 28.4 Å². The lowest BCUT2D eigenvalue weighted by atomic mass is 10.2. The highest BCUT2D eigenvalue weighted by molar-refractivity contribution is 5.48. The van der Waals surface area contributed by atoms with Crippen LogP contribution in [0, 0.1) is 0 Å². The molecule has 0 aliphatic carbocycles. The van der Waals surface area contributed by atoms with E-state index >= 15 is 0 Å². The van der Waals surface area contributed by atoms with Crippen LogP contribution in [0.4, 0.5) is 0 Å². The van der Waals surface area contributed by atoms with Gasteiger partial charge in [0.2, 0.25) is 0 Å². The molecule has 0 saturated heterocycles. The molecular formula is C22H45NO7. The zero-order valence-corrected chi connectivity index (χ0v) is 19.1. The molecule has 180 valence electrons. The molecule has 0 aliphatic rings. The fourth-order valence-electron chi connectivity index (χ4n) is 2.49. The minimum atomic E-state index is 0.553. The zero-order chi connectivity index (χ0) is 21.8. The van der Waals surface area contributed by atoms with E-state index in [0.29, 0.717) is 72.5 Å². The monoisotopic (exact) mass is 435 g/mol. The van der Waals surface area contributed by atoms with E-state index in [1.165, 1.54) is 12.8 Å². The normalized spacial score (nSPS) is 11.2. The van der Waals surface area contributed by atoms with E-state index in [-0.39, 0.29) is 0 Å². The fraction of sp³-hybridized carbons (Fsp3) is 0.955. The van der Waals surface area contributed by atoms with E-state index in [1.807, 2.05) is 7.05 Å². The van der Waals surface area contributed by atoms with Gasteiger partial charge in [-0.1, -0.05) is 6.42 Å². The molecule has 0 saturated carbocycles. The Morgan fingerprint density at radius 3 is 1.23 bits per heavy atom. The van der Waals surface area contributed by atoms with Gasteiger partial charge in [0, 0.05) is 19.6 Å². The van der Waals surface area contributed by atoms with Crippen molar-refractivity contribution in [2.75, 3.05) is 92.9 Å². The molecule has 0 atom stereocenters. The van der Waals surface area contributed by atoms with Crippen LogP contribution >= 0.6 is 0 Å². The number of hydrogen-bond acceptors (Lipinski definition) is 8. The number of rotatable bonds is 27. The van der Waals surface area contributed by atoms with Crippen LogP contribution in [0.2, 0.25) is 0 Å². The third-order valence-corrected chi connectivity index (χ3v) is 4.19. The summed E-state index contributed by atoms with van der Waals surface area (Å²) in [4.78, 5) is 10.2. The van der Waals surface area contributed by atoms with Crippen molar-refractivity contribution in [1.29, 1.82) is 0 Å². The van der Waals surface area contributed by atoms with Gasteiger partial charge < -0.3 is 38.5 Å². The van der Waals surface area contributed by atoms with Gasteiger partial charge in [-0.05, 0) is 45.7 Å². The highest BCUT2D eigenvalue weighted by Crippen LogP contribution is 1.98. The highest BCUT2D eigenvalue weighted by Gasteiger charge is 1.95. The van der Waals surface area contributed by atoms with Crippen LogP contribution in [-0.4, -0.2) is 99.2 Å². The summed E-state index contributed by atoms with van der Waals surface area (Å²) in [6.45, 7) is 8.39. The Morgan fingerprint density at radius 2 is 0.867 bits per heavy atom. The molecular weight excluding hydrogens is 390 g/mol. The lowest BCUT2D eigenvalue weighted by Crippen LogP contribution is -2.14. The molecule has 0 aliphatic heterocycles. The minimum absolute atomic E-state index is 0.553. The standard InChI is InChI=1S/C22H45NO7/c1-23-9-5-4-8-12-26-14-16-28-18-20-30-22-21-29-19-17-27-15-13-25-11-7-3-2-6-10-24/h10,23H,2-9,11-22H2,1H3. The van der Waals surface area contributed by atoms with Crippen LogP contribution in [-0.2, 0) is 33.2 Å². The van der Waals surface area contributed by atoms with Crippen molar-refractivity contribution in [3.63, 3.8) is 0 Å². The number of aldehydes is 1. The van der Waals surface area contributed by atoms with Crippen LogP contribution in [0.25, 0.3) is 0 Å². The van der Waals surface area contributed by atoms with Gasteiger partial charge >= 0.3 is 0 Å². The third kappa shape index (κ3) is 27.4. The van der Waals surface area contributed by atoms with Crippen LogP contribution in [0.5, 0.6) is 0 Å². The van der Waals surface area contributed by atoms with Crippen molar-refractivity contribution >= 4 is 6.29 Å². The smallest absolute Gasteiger partial charge is 0.119 e. The van der Waals surface area contributed by atoms with Gasteiger partial charge in [0.15, 0.2) is 0 Å². The predicted octanol–water partition coefficient (Wildman–Crippen LogP) is 2.24. The summed E-state index contributed by atoms with van der Waals surface area (Å²) in [5, 5.41) is 3.14. The van der Waals surface area contributed by atoms with Gasteiger partial charge in [-0.15, -0.1) is 0 Å². The zero-order valence-electron chi connectivity index (χ0n) is 19.1. The molecule has 0 aromatic heterocycles. The Hall–Kier alpha value is -0.610. The highest BCUT2D eigenvalue weighted by atomic mass is 16.6. The first-order valence-corrected chi connectivity index (χ1v) is 11.5. The predicted molar refractivity (Wildman–Crippen MR) is 117 cm³/mol. The van der Waals surface area contributed by atoms with E-state index in [9.17, 15) is 4.79 Å². The maximum atomic E-state index is 10.2. The van der Waals surface area contributed by atoms with Crippen molar-refractivity contribution in [2.45, 2.75) is 44.9 Å². The average Bonchev–Trinajstić information content (AvgIpc) is 2.76. The van der Waals surface area contributed by atoms with Crippen molar-refractivity contribution < 1.29 is 33.2 Å². The number of ether oxygens (including phenoxy) is 6. The topological polar surface area (TPSA) is 84.5 Å². The maximum absolute atomic E-state index is 10.2. The quantitative estimate of drug-likeness (QED) is 0.155. The van der Waals surface area contributed by atoms with Crippen molar-refractivity contribution in [2.24, 2.45) is 0 Å². The lowest BCUT2D eigenvalue weighted by molar-refractivity contribution is -0.107. The molecule has 30 heavy (non-hydrogen) atoms. The summed E-state index contributed by atoms with van der Waals surface area (Å²) >= 11 is 0. The molecule has 8 heteroatoms. The number of hydrogen-bond donors (Lipinski definition) is 1. The van der Waals surface area contributed by atoms with Gasteiger partial charge in [0.25, 0.3) is 0 Å². The van der Waals surface area contributed by atoms with Gasteiger partial charge in [-0.25, -0.2) is 0 Å². The Bertz CT molecular complexity index is 322. The van der Waals surface area contributed by atoms with E-state index in [2.05, 4.69) is 5.32 Å². The van der Waals surface area contributed by atoms with Crippen molar-refractivity contribution in [3.8, 4) is 0 Å². The van der Waals surface area contributed by atoms with Crippen LogP contribution in [0.3, 0.4) is 0 Å². The maximum Gasteiger partial charge on any atom is 0.119 e. The van der Waals surface area contributed by atoms with E-state index in [0.717, 1.165) is 51.7 Å². The van der Waals surface area contributed by atoms with Gasteiger partial charge in [-0.3, -0.25) is 0 Å². The number of carbonyl (C=O) groups excluding carboxylic acids is 1. The van der Waals surface area contributed by atoms with Crippen LogP contribution in [0.15, 0.2) is 0 Å². The largest absolute Gasteiger partial charge is 0.379 e. The molecule has 0 radical (unpaired) electrons. The molecule has 0 fully saturated rings. The molecule has 0 rings (SSSR count). The molecule has 0 aromatic rings. The second-order valence-electron chi connectivity index (χ2n) is 6.85. The Balaban J connectivity index is 2.98. The van der Waals surface area contributed by atoms with Crippen molar-refractivity contribution in [1.82, 2.24) is 5.32 Å². The molecule has 0 bridgehead atoms. The fourth-order valence-corrected chi connectivity index (χ4v) is 2.49. The first kappa shape index (κ1) is 29.4. The number of nitrogens with one attached hydrogen (secondary N) is 1. The van der Waals surface area contributed by atoms with Crippen LogP contribution < -0.4 is 5.32 Å². The SMILES string of the molecule is CNCCCCCOCCOCCOCCOCCOCCOCCCCCC=O. The second kappa shape index (κ2) is 28.4. The van der Waals surface area contributed by atoms with Gasteiger partial charge in [-0.2, -0.15) is 0 Å². The minimum Gasteiger partial charge on any atom is -0.379 e. The van der Waals surface area contributed by atoms with Crippen LogP contribution in [0.1, 0.15) is 44.9 Å². The summed E-state index contributed by atoms with van der Waals surface area (Å²) in [6.07, 6.45) is 8.09. The molecule has 0 heterocycles. The molecule has 0 amide bonds. The molecule has 0 spiro atoms. The Kier molecular flexibility index (Phi) is 27.8. The molecule has 1 N–H and O–H groups in total. The van der Waals surface area contributed by atoms with E-state index in [1.54, 1.807) is 0 Å². The Labute approximate surface area is 183 Å².